The Bertz CT molecular complexity index is 945. The number of carbonyl (C=O) groups excluding carboxylic acids is 1. The molecule has 24 heavy (non-hydrogen) atoms. The van der Waals surface area contributed by atoms with E-state index < -0.39 is 10.0 Å². The summed E-state index contributed by atoms with van der Waals surface area (Å²) in [6, 6.07) is 8.08. The minimum Gasteiger partial charge on any atom is -0.485 e. The van der Waals surface area contributed by atoms with Gasteiger partial charge < -0.3 is 4.74 Å². The number of hydrogen-bond acceptors (Lipinski definition) is 5. The highest BCUT2D eigenvalue weighted by atomic mass is 35.5. The van der Waals surface area contributed by atoms with Crippen LogP contribution in [0.2, 0.25) is 10.0 Å². The van der Waals surface area contributed by atoms with Crippen LogP contribution in [-0.2, 0) is 10.0 Å². The molecule has 0 spiro atoms. The van der Waals surface area contributed by atoms with Gasteiger partial charge in [0, 0.05) is 20.9 Å². The van der Waals surface area contributed by atoms with Crippen molar-refractivity contribution in [3.8, 4) is 5.75 Å². The molecule has 3 rings (SSSR count). The summed E-state index contributed by atoms with van der Waals surface area (Å²) in [5.74, 6) is 0.197. The highest BCUT2D eigenvalue weighted by Gasteiger charge is 2.25. The molecule has 0 fully saturated rings. The zero-order valence-corrected chi connectivity index (χ0v) is 15.4. The number of hydrogen-bond donors (Lipinski definition) is 1. The minimum absolute atomic E-state index is 0.0559. The van der Waals surface area contributed by atoms with Crippen LogP contribution >= 0.6 is 35.0 Å². The predicted molar refractivity (Wildman–Crippen MR) is 95.3 cm³/mol. The monoisotopic (exact) mass is 403 g/mol. The van der Waals surface area contributed by atoms with Crippen LogP contribution in [0.25, 0.3) is 0 Å². The van der Waals surface area contributed by atoms with Crippen molar-refractivity contribution in [2.24, 2.45) is 0 Å². The number of nitrogens with one attached hydrogen (secondary N) is 1. The maximum absolute atomic E-state index is 11.9. The number of fused-ring (bicyclic) bond motifs is 1. The van der Waals surface area contributed by atoms with Crippen LogP contribution in [0.1, 0.15) is 10.4 Å². The molecule has 0 radical (unpaired) electrons. The number of ether oxygens (including phenoxy) is 1. The van der Waals surface area contributed by atoms with E-state index in [4.69, 9.17) is 27.9 Å². The van der Waals surface area contributed by atoms with Crippen LogP contribution in [0.4, 0.5) is 5.69 Å². The molecule has 0 bridgehead atoms. The Balaban J connectivity index is 2.09. The average molecular weight is 404 g/mol. The first-order chi connectivity index (χ1) is 11.2. The molecule has 1 N–H and O–H groups in total. The van der Waals surface area contributed by atoms with Gasteiger partial charge in [0.1, 0.15) is 5.75 Å². The molecular formula is C15H11Cl2NO4S2. The molecule has 0 aromatic heterocycles. The number of anilines is 1. The number of halogens is 2. The second-order valence-corrected chi connectivity index (χ2v) is 8.78. The smallest absolute Gasteiger partial charge is 0.229 e. The van der Waals surface area contributed by atoms with Crippen molar-refractivity contribution in [3.63, 3.8) is 0 Å². The Morgan fingerprint density at radius 1 is 1.17 bits per heavy atom. The van der Waals surface area contributed by atoms with Crippen LogP contribution < -0.4 is 9.46 Å². The number of sulfonamides is 1. The summed E-state index contributed by atoms with van der Waals surface area (Å²) in [6.45, 7) is -0.0559. The van der Waals surface area contributed by atoms with E-state index in [9.17, 15) is 13.2 Å². The van der Waals surface area contributed by atoms with Gasteiger partial charge in [-0.3, -0.25) is 9.52 Å². The van der Waals surface area contributed by atoms with E-state index in [0.29, 0.717) is 36.8 Å². The Hall–Kier alpha value is -1.41. The molecule has 1 aliphatic heterocycles. The highest BCUT2D eigenvalue weighted by molar-refractivity contribution is 7.99. The lowest BCUT2D eigenvalue weighted by molar-refractivity contribution is 0.0961. The van der Waals surface area contributed by atoms with Gasteiger partial charge in [0.2, 0.25) is 15.8 Å². The summed E-state index contributed by atoms with van der Waals surface area (Å²) in [7, 11) is -3.50. The van der Waals surface area contributed by atoms with Crippen molar-refractivity contribution in [2.45, 2.75) is 9.79 Å². The van der Waals surface area contributed by atoms with Crippen LogP contribution in [0.15, 0.2) is 40.1 Å². The van der Waals surface area contributed by atoms with E-state index in [-0.39, 0.29) is 12.4 Å². The van der Waals surface area contributed by atoms with Gasteiger partial charge in [-0.2, -0.15) is 0 Å². The largest absolute Gasteiger partial charge is 0.485 e. The number of Topliss-reactive ketones (excluding diaryl/α,β-unsaturated/α-hetero) is 1. The molecule has 0 saturated carbocycles. The van der Waals surface area contributed by atoms with Gasteiger partial charge in [-0.05, 0) is 24.3 Å². The van der Waals surface area contributed by atoms with Crippen LogP contribution in [0, 0.1) is 0 Å². The lowest BCUT2D eigenvalue weighted by Crippen LogP contribution is -2.10. The zero-order valence-electron chi connectivity index (χ0n) is 12.3. The van der Waals surface area contributed by atoms with Crippen LogP contribution in [0.5, 0.6) is 5.75 Å². The molecule has 5 nitrogen and oxygen atoms in total. The van der Waals surface area contributed by atoms with Gasteiger partial charge in [-0.15, -0.1) is 0 Å². The summed E-state index contributed by atoms with van der Waals surface area (Å²) in [4.78, 5) is 13.0. The third-order valence-electron chi connectivity index (χ3n) is 3.15. The van der Waals surface area contributed by atoms with Gasteiger partial charge in [0.15, 0.2) is 6.61 Å². The molecule has 0 unspecified atom stereocenters. The molecule has 2 aromatic carbocycles. The van der Waals surface area contributed by atoms with Crippen LogP contribution in [0.3, 0.4) is 0 Å². The number of carbonyl (C=O) groups is 1. The maximum Gasteiger partial charge on any atom is 0.229 e. The molecule has 0 amide bonds. The topological polar surface area (TPSA) is 72.5 Å². The van der Waals surface area contributed by atoms with E-state index in [1.165, 1.54) is 17.8 Å². The fourth-order valence-electron chi connectivity index (χ4n) is 2.16. The quantitative estimate of drug-likeness (QED) is 0.831. The van der Waals surface area contributed by atoms with Crippen molar-refractivity contribution >= 4 is 56.5 Å². The molecular weight excluding hydrogens is 393 g/mol. The van der Waals surface area contributed by atoms with Crippen molar-refractivity contribution in [3.05, 3.63) is 45.9 Å². The summed E-state index contributed by atoms with van der Waals surface area (Å²) in [6.07, 6.45) is 1.05. The molecule has 126 valence electrons. The molecule has 0 saturated heterocycles. The number of rotatable bonds is 4. The first-order valence-corrected chi connectivity index (χ1v) is 10.1. The van der Waals surface area contributed by atoms with Crippen molar-refractivity contribution in [1.29, 1.82) is 0 Å². The van der Waals surface area contributed by atoms with Gasteiger partial charge in [0.05, 0.1) is 22.5 Å². The Morgan fingerprint density at radius 2 is 1.92 bits per heavy atom. The molecule has 2 aromatic rings. The Morgan fingerprint density at radius 3 is 2.62 bits per heavy atom. The second kappa shape index (κ2) is 6.48. The third kappa shape index (κ3) is 3.80. The summed E-state index contributed by atoms with van der Waals surface area (Å²) < 4.78 is 30.9. The predicted octanol–water partition coefficient (Wildman–Crippen LogP) is 4.09. The summed E-state index contributed by atoms with van der Waals surface area (Å²) in [5, 5.41) is 0.970. The molecule has 0 atom stereocenters. The standard InChI is InChI=1S/C15H11Cl2NO4S2/c1-24(20,21)18-11-6-13-9(12(19)7-22-13)5-15(11)23-14-4-8(16)2-3-10(14)17/h2-6,18H,7H2,1H3. The van der Waals surface area contributed by atoms with Crippen molar-refractivity contribution in [2.75, 3.05) is 17.6 Å². The number of ketones is 1. The van der Waals surface area contributed by atoms with E-state index in [1.54, 1.807) is 24.3 Å². The Labute approximate surface area is 153 Å². The zero-order chi connectivity index (χ0) is 17.5. The fourth-order valence-corrected chi connectivity index (χ4v) is 4.24. The van der Waals surface area contributed by atoms with E-state index >= 15 is 0 Å². The summed E-state index contributed by atoms with van der Waals surface area (Å²) >= 11 is 13.4. The van der Waals surface area contributed by atoms with Crippen LogP contribution in [-0.4, -0.2) is 27.1 Å². The molecule has 1 aliphatic rings. The van der Waals surface area contributed by atoms with Gasteiger partial charge in [0.25, 0.3) is 0 Å². The SMILES string of the molecule is CS(=O)(=O)Nc1cc2c(cc1Sc1cc(Cl)ccc1Cl)C(=O)CO2. The lowest BCUT2D eigenvalue weighted by atomic mass is 10.1. The second-order valence-electron chi connectivity index (χ2n) is 5.11. The van der Waals surface area contributed by atoms with E-state index in [2.05, 4.69) is 4.72 Å². The lowest BCUT2D eigenvalue weighted by Gasteiger charge is -2.13. The first kappa shape index (κ1) is 17.4. The van der Waals surface area contributed by atoms with Crippen molar-refractivity contribution in [1.82, 2.24) is 0 Å². The number of benzene rings is 2. The highest BCUT2D eigenvalue weighted by Crippen LogP contribution is 2.42. The normalized spacial score (nSPS) is 13.5. The Kier molecular flexibility index (Phi) is 4.70. The van der Waals surface area contributed by atoms with Gasteiger partial charge >= 0.3 is 0 Å². The molecule has 9 heteroatoms. The minimum atomic E-state index is -3.50. The van der Waals surface area contributed by atoms with E-state index in [1.807, 2.05) is 0 Å². The fraction of sp³-hybridized carbons (Fsp3) is 0.133. The third-order valence-corrected chi connectivity index (χ3v) is 5.53. The van der Waals surface area contributed by atoms with E-state index in [0.717, 1.165) is 6.26 Å². The van der Waals surface area contributed by atoms with Gasteiger partial charge in [-0.1, -0.05) is 35.0 Å². The van der Waals surface area contributed by atoms with Crippen molar-refractivity contribution < 1.29 is 17.9 Å². The summed E-state index contributed by atoms with van der Waals surface area (Å²) in [5.41, 5.74) is 0.724. The first-order valence-electron chi connectivity index (χ1n) is 6.68. The van der Waals surface area contributed by atoms with Gasteiger partial charge in [-0.25, -0.2) is 8.42 Å². The molecule has 0 aliphatic carbocycles. The maximum atomic E-state index is 11.9. The average Bonchev–Trinajstić information content (AvgIpc) is 2.82. The molecule has 1 heterocycles.